The molecule has 1 aliphatic carbocycles. The minimum atomic E-state index is -5.91. The van der Waals surface area contributed by atoms with E-state index in [1.54, 1.807) is 6.92 Å². The van der Waals surface area contributed by atoms with E-state index in [0.29, 0.717) is 25.7 Å². The van der Waals surface area contributed by atoms with Crippen LogP contribution in [0.1, 0.15) is 58.8 Å². The van der Waals surface area contributed by atoms with Crippen LogP contribution in [0.3, 0.4) is 0 Å². The lowest BCUT2D eigenvalue weighted by Crippen LogP contribution is -2.61. The quantitative estimate of drug-likeness (QED) is 0.379. The fourth-order valence-corrected chi connectivity index (χ4v) is 3.12. The van der Waals surface area contributed by atoms with Gasteiger partial charge in [-0.3, -0.25) is 0 Å². The van der Waals surface area contributed by atoms with Gasteiger partial charge in [-0.15, -0.1) is 0 Å². The molecule has 1 rings (SSSR count). The van der Waals surface area contributed by atoms with Gasteiger partial charge in [-0.1, -0.05) is 13.5 Å². The van der Waals surface area contributed by atoms with Gasteiger partial charge >= 0.3 is 18.3 Å². The Morgan fingerprint density at radius 2 is 1.57 bits per heavy atom. The number of ether oxygens (including phenoxy) is 2. The Balaban J connectivity index is 2.81. The number of aliphatic hydroxyl groups is 1. The average molecular weight is 420 g/mol. The Bertz CT molecular complexity index is 531. The summed E-state index contributed by atoms with van der Waals surface area (Å²) in [4.78, 5) is 11.6. The summed E-state index contributed by atoms with van der Waals surface area (Å²) >= 11 is 0. The molecule has 0 aromatic rings. The van der Waals surface area contributed by atoms with Gasteiger partial charge in [0, 0.05) is 5.57 Å². The van der Waals surface area contributed by atoms with Crippen LogP contribution in [0, 0.1) is 0 Å². The fraction of sp³-hybridized carbons (Fsp3) is 0.833. The van der Waals surface area contributed by atoms with Crippen molar-refractivity contribution in [3.8, 4) is 0 Å². The van der Waals surface area contributed by atoms with Gasteiger partial charge in [0.25, 0.3) is 5.60 Å². The third-order valence-corrected chi connectivity index (χ3v) is 5.11. The van der Waals surface area contributed by atoms with E-state index in [4.69, 9.17) is 9.47 Å². The van der Waals surface area contributed by atoms with Crippen molar-refractivity contribution in [1.29, 1.82) is 0 Å². The van der Waals surface area contributed by atoms with Crippen LogP contribution in [-0.4, -0.2) is 47.3 Å². The van der Waals surface area contributed by atoms with Crippen molar-refractivity contribution in [1.82, 2.24) is 0 Å². The lowest BCUT2D eigenvalue weighted by atomic mass is 9.83. The molecular formula is C18H26F6O4. The summed E-state index contributed by atoms with van der Waals surface area (Å²) in [5.74, 6) is -0.538. The Morgan fingerprint density at radius 1 is 1.11 bits per heavy atom. The molecular weight excluding hydrogens is 394 g/mol. The van der Waals surface area contributed by atoms with E-state index in [0.717, 1.165) is 0 Å². The standard InChI is InChI=1S/C18H26F6O4/c1-4-15(27-11-16(26,17(19,20)21)18(22,23)24)9-5-7-13(8-6-10-15)28-14(25)12(2)3/h13,26H,2,4-11H2,1,3H3. The van der Waals surface area contributed by atoms with Crippen LogP contribution in [0.2, 0.25) is 0 Å². The molecule has 0 bridgehead atoms. The molecule has 1 aliphatic rings. The monoisotopic (exact) mass is 420 g/mol. The zero-order valence-electron chi connectivity index (χ0n) is 15.9. The van der Waals surface area contributed by atoms with Crippen LogP contribution in [0.5, 0.6) is 0 Å². The number of carbonyl (C=O) groups excluding carboxylic acids is 1. The molecule has 4 nitrogen and oxygen atoms in total. The highest BCUT2D eigenvalue weighted by Crippen LogP contribution is 2.45. The van der Waals surface area contributed by atoms with Crippen molar-refractivity contribution in [3.63, 3.8) is 0 Å². The van der Waals surface area contributed by atoms with Crippen molar-refractivity contribution in [3.05, 3.63) is 12.2 Å². The Hall–Kier alpha value is -1.29. The zero-order chi connectivity index (χ0) is 21.8. The Kier molecular flexibility index (Phi) is 7.98. The van der Waals surface area contributed by atoms with E-state index in [1.807, 2.05) is 0 Å². The second kappa shape index (κ2) is 9.02. The highest BCUT2D eigenvalue weighted by Gasteiger charge is 2.71. The van der Waals surface area contributed by atoms with Gasteiger partial charge < -0.3 is 14.6 Å². The van der Waals surface area contributed by atoms with Gasteiger partial charge in [-0.05, 0) is 51.9 Å². The molecule has 28 heavy (non-hydrogen) atoms. The molecule has 0 unspecified atom stereocenters. The first kappa shape index (κ1) is 24.7. The van der Waals surface area contributed by atoms with Gasteiger partial charge in [0.1, 0.15) is 6.10 Å². The first-order chi connectivity index (χ1) is 12.7. The van der Waals surface area contributed by atoms with E-state index in [-0.39, 0.29) is 30.9 Å². The number of esters is 1. The predicted molar refractivity (Wildman–Crippen MR) is 88.4 cm³/mol. The first-order valence-electron chi connectivity index (χ1n) is 9.04. The molecule has 0 aliphatic heterocycles. The van der Waals surface area contributed by atoms with Crippen LogP contribution in [0.4, 0.5) is 26.3 Å². The largest absolute Gasteiger partial charge is 0.459 e. The molecule has 0 aromatic heterocycles. The van der Waals surface area contributed by atoms with E-state index in [9.17, 15) is 36.2 Å². The van der Waals surface area contributed by atoms with E-state index >= 15 is 0 Å². The highest BCUT2D eigenvalue weighted by atomic mass is 19.4. The summed E-state index contributed by atoms with van der Waals surface area (Å²) in [7, 11) is 0. The minimum absolute atomic E-state index is 0.189. The molecule has 0 heterocycles. The molecule has 10 heteroatoms. The second-order valence-corrected chi connectivity index (χ2v) is 7.27. The van der Waals surface area contributed by atoms with Gasteiger partial charge in [0.15, 0.2) is 0 Å². The topological polar surface area (TPSA) is 55.8 Å². The maximum Gasteiger partial charge on any atom is 0.428 e. The average Bonchev–Trinajstić information content (AvgIpc) is 2.53. The SMILES string of the molecule is C=C(C)C(=O)OC1CCCC(CC)(OCC(O)(C(F)(F)F)C(F)(F)F)CCC1. The van der Waals surface area contributed by atoms with E-state index in [1.165, 1.54) is 6.92 Å². The third-order valence-electron chi connectivity index (χ3n) is 5.11. The van der Waals surface area contributed by atoms with E-state index < -0.39 is 36.1 Å². The molecule has 0 aromatic carbocycles. The highest BCUT2D eigenvalue weighted by molar-refractivity contribution is 5.87. The Morgan fingerprint density at radius 3 is 1.93 bits per heavy atom. The van der Waals surface area contributed by atoms with Crippen LogP contribution < -0.4 is 0 Å². The molecule has 0 radical (unpaired) electrons. The number of hydrogen-bond donors (Lipinski definition) is 1. The molecule has 1 N–H and O–H groups in total. The number of halogens is 6. The van der Waals surface area contributed by atoms with Gasteiger partial charge in [-0.25, -0.2) is 4.79 Å². The molecule has 1 saturated carbocycles. The van der Waals surface area contributed by atoms with Crippen molar-refractivity contribution in [2.24, 2.45) is 0 Å². The van der Waals surface area contributed by atoms with Crippen molar-refractivity contribution in [2.45, 2.75) is 88.5 Å². The molecule has 1 fully saturated rings. The number of hydrogen-bond acceptors (Lipinski definition) is 4. The van der Waals surface area contributed by atoms with Crippen molar-refractivity contribution in [2.75, 3.05) is 6.61 Å². The number of carbonyl (C=O) groups is 1. The van der Waals surface area contributed by atoms with E-state index in [2.05, 4.69) is 6.58 Å². The molecule has 0 saturated heterocycles. The lowest BCUT2D eigenvalue weighted by Gasteiger charge is -2.40. The predicted octanol–water partition coefficient (Wildman–Crippen LogP) is 4.85. The molecule has 0 amide bonds. The first-order valence-corrected chi connectivity index (χ1v) is 9.04. The molecule has 164 valence electrons. The summed E-state index contributed by atoms with van der Waals surface area (Å²) in [6.45, 7) is 4.68. The zero-order valence-corrected chi connectivity index (χ0v) is 15.9. The van der Waals surface area contributed by atoms with Gasteiger partial charge in [0.05, 0.1) is 12.2 Å². The van der Waals surface area contributed by atoms with Gasteiger partial charge in [0.2, 0.25) is 0 Å². The summed E-state index contributed by atoms with van der Waals surface area (Å²) in [6, 6.07) is 0. The second-order valence-electron chi connectivity index (χ2n) is 7.27. The van der Waals surface area contributed by atoms with Crippen LogP contribution in [0.15, 0.2) is 12.2 Å². The minimum Gasteiger partial charge on any atom is -0.459 e. The number of alkyl halides is 6. The van der Waals surface area contributed by atoms with Gasteiger partial charge in [-0.2, -0.15) is 26.3 Å². The maximum atomic E-state index is 12.9. The lowest BCUT2D eigenvalue weighted by molar-refractivity contribution is -0.383. The van der Waals surface area contributed by atoms with Crippen LogP contribution in [0.25, 0.3) is 0 Å². The fourth-order valence-electron chi connectivity index (χ4n) is 3.12. The molecule has 0 atom stereocenters. The normalized spacial score (nSPS) is 25.0. The summed E-state index contributed by atoms with van der Waals surface area (Å²) < 4.78 is 87.6. The van der Waals surface area contributed by atoms with Crippen molar-refractivity contribution >= 4 is 5.97 Å². The van der Waals surface area contributed by atoms with Crippen LogP contribution >= 0.6 is 0 Å². The Labute approximate surface area is 159 Å². The smallest absolute Gasteiger partial charge is 0.428 e. The third kappa shape index (κ3) is 5.85. The summed E-state index contributed by atoms with van der Waals surface area (Å²) in [5.41, 5.74) is -5.90. The summed E-state index contributed by atoms with van der Waals surface area (Å²) in [5, 5.41) is 9.30. The molecule has 0 spiro atoms. The van der Waals surface area contributed by atoms with Crippen molar-refractivity contribution < 1.29 is 45.7 Å². The number of rotatable bonds is 6. The maximum absolute atomic E-state index is 12.9. The summed E-state index contributed by atoms with van der Waals surface area (Å²) in [6.07, 6.45) is -10.0. The van der Waals surface area contributed by atoms with Crippen LogP contribution in [-0.2, 0) is 14.3 Å².